The van der Waals surface area contributed by atoms with Crippen molar-refractivity contribution in [1.29, 1.82) is 0 Å². The van der Waals surface area contributed by atoms with Crippen molar-refractivity contribution in [3.8, 4) is 11.5 Å². The van der Waals surface area contributed by atoms with Gasteiger partial charge in [0.2, 0.25) is 5.75 Å². The van der Waals surface area contributed by atoms with Gasteiger partial charge in [-0.2, -0.15) is 0 Å². The van der Waals surface area contributed by atoms with Crippen LogP contribution in [0.4, 0.5) is 0 Å². The molecular formula is C20H19N3O5. The monoisotopic (exact) mass is 381 g/mol. The summed E-state index contributed by atoms with van der Waals surface area (Å²) in [4.78, 5) is 39.1. The maximum Gasteiger partial charge on any atom is 0.326 e. The lowest BCUT2D eigenvalue weighted by Gasteiger charge is -2.16. The fraction of sp³-hybridized carbons (Fsp3) is 0.150. The predicted molar refractivity (Wildman–Crippen MR) is 102 cm³/mol. The Kier molecular flexibility index (Phi) is 5.59. The van der Waals surface area contributed by atoms with Crippen LogP contribution in [0.15, 0.2) is 64.2 Å². The molecular weight excluding hydrogens is 362 g/mol. The van der Waals surface area contributed by atoms with Gasteiger partial charge in [-0.1, -0.05) is 42.5 Å². The molecule has 28 heavy (non-hydrogen) atoms. The molecule has 1 aromatic heterocycles. The zero-order valence-corrected chi connectivity index (χ0v) is 15.1. The molecule has 4 N–H and O–H groups in total. The SMILES string of the molecule is C[C@@H](NC(=O)c1[nH]c(=O)[nH]c(=O)c1O)c1cccc(OCc2ccccc2)c1. The molecule has 0 bridgehead atoms. The van der Waals surface area contributed by atoms with Crippen LogP contribution in [0.5, 0.6) is 11.5 Å². The molecule has 1 atom stereocenters. The van der Waals surface area contributed by atoms with Gasteiger partial charge in [0.25, 0.3) is 11.5 Å². The second-order valence-corrected chi connectivity index (χ2v) is 6.17. The number of H-pyrrole nitrogens is 2. The Morgan fingerprint density at radius 3 is 2.61 bits per heavy atom. The molecule has 0 radical (unpaired) electrons. The van der Waals surface area contributed by atoms with Crippen LogP contribution in [0.25, 0.3) is 0 Å². The summed E-state index contributed by atoms with van der Waals surface area (Å²) in [5.41, 5.74) is -0.611. The van der Waals surface area contributed by atoms with E-state index in [0.717, 1.165) is 11.1 Å². The van der Waals surface area contributed by atoms with Crippen LogP contribution >= 0.6 is 0 Å². The Balaban J connectivity index is 1.71. The van der Waals surface area contributed by atoms with Gasteiger partial charge in [0.05, 0.1) is 6.04 Å². The van der Waals surface area contributed by atoms with Crippen molar-refractivity contribution in [3.63, 3.8) is 0 Å². The maximum absolute atomic E-state index is 12.3. The average molecular weight is 381 g/mol. The molecule has 0 saturated carbocycles. The first kappa shape index (κ1) is 19.0. The third-order valence-corrected chi connectivity index (χ3v) is 4.10. The average Bonchev–Trinajstić information content (AvgIpc) is 2.70. The fourth-order valence-corrected chi connectivity index (χ4v) is 2.61. The van der Waals surface area contributed by atoms with Crippen molar-refractivity contribution in [2.75, 3.05) is 0 Å². The number of aromatic hydroxyl groups is 1. The minimum atomic E-state index is -1.03. The van der Waals surface area contributed by atoms with E-state index in [0.29, 0.717) is 12.4 Å². The highest BCUT2D eigenvalue weighted by atomic mass is 16.5. The van der Waals surface area contributed by atoms with Crippen LogP contribution in [-0.4, -0.2) is 21.0 Å². The molecule has 1 heterocycles. The molecule has 2 aromatic carbocycles. The first-order chi connectivity index (χ1) is 13.4. The van der Waals surface area contributed by atoms with Gasteiger partial charge in [0, 0.05) is 0 Å². The zero-order chi connectivity index (χ0) is 20.1. The summed E-state index contributed by atoms with van der Waals surface area (Å²) in [5, 5.41) is 12.3. The van der Waals surface area contributed by atoms with Crippen molar-refractivity contribution in [2.24, 2.45) is 0 Å². The van der Waals surface area contributed by atoms with Crippen LogP contribution in [0.2, 0.25) is 0 Å². The Morgan fingerprint density at radius 1 is 1.11 bits per heavy atom. The van der Waals surface area contributed by atoms with E-state index in [9.17, 15) is 19.5 Å². The number of hydrogen-bond donors (Lipinski definition) is 4. The topological polar surface area (TPSA) is 124 Å². The lowest BCUT2D eigenvalue weighted by atomic mass is 10.1. The van der Waals surface area contributed by atoms with Gasteiger partial charge < -0.3 is 15.2 Å². The summed E-state index contributed by atoms with van der Waals surface area (Å²) in [6.45, 7) is 2.14. The summed E-state index contributed by atoms with van der Waals surface area (Å²) in [7, 11) is 0. The molecule has 0 aliphatic carbocycles. The number of amides is 1. The van der Waals surface area contributed by atoms with E-state index in [-0.39, 0.29) is 0 Å². The largest absolute Gasteiger partial charge is 0.501 e. The standard InChI is InChI=1S/C20H19N3O5/c1-12(21-18(25)16-17(24)19(26)23-20(27)22-16)14-8-5-9-15(10-14)28-11-13-6-3-2-4-7-13/h2-10,12,24H,11H2,1H3,(H,21,25)(H2,22,23,26,27)/t12-/m1/s1. The van der Waals surface area contributed by atoms with Gasteiger partial charge in [-0.15, -0.1) is 0 Å². The van der Waals surface area contributed by atoms with Crippen molar-refractivity contribution in [1.82, 2.24) is 15.3 Å². The van der Waals surface area contributed by atoms with Crippen LogP contribution in [0.3, 0.4) is 0 Å². The minimum Gasteiger partial charge on any atom is -0.501 e. The molecule has 0 fully saturated rings. The van der Waals surface area contributed by atoms with E-state index < -0.39 is 34.6 Å². The normalized spacial score (nSPS) is 11.6. The molecule has 0 aliphatic heterocycles. The van der Waals surface area contributed by atoms with Gasteiger partial charge in [-0.25, -0.2) is 4.79 Å². The minimum absolute atomic E-state index is 0.410. The Bertz CT molecular complexity index is 1090. The Morgan fingerprint density at radius 2 is 1.86 bits per heavy atom. The van der Waals surface area contributed by atoms with E-state index >= 15 is 0 Å². The summed E-state index contributed by atoms with van der Waals surface area (Å²) >= 11 is 0. The molecule has 0 saturated heterocycles. The first-order valence-corrected chi connectivity index (χ1v) is 8.57. The van der Waals surface area contributed by atoms with Gasteiger partial charge in [-0.05, 0) is 30.2 Å². The lowest BCUT2D eigenvalue weighted by Crippen LogP contribution is -2.32. The van der Waals surface area contributed by atoms with Crippen LogP contribution in [-0.2, 0) is 6.61 Å². The molecule has 0 aliphatic rings. The van der Waals surface area contributed by atoms with E-state index in [1.54, 1.807) is 31.2 Å². The quantitative estimate of drug-likeness (QED) is 0.519. The van der Waals surface area contributed by atoms with Crippen LogP contribution in [0, 0.1) is 0 Å². The first-order valence-electron chi connectivity index (χ1n) is 8.57. The van der Waals surface area contributed by atoms with Gasteiger partial charge in [0.15, 0.2) is 5.69 Å². The number of aromatic amines is 2. The highest BCUT2D eigenvalue weighted by molar-refractivity contribution is 5.94. The number of aromatic nitrogens is 2. The summed E-state index contributed by atoms with van der Waals surface area (Å²) in [6.07, 6.45) is 0. The summed E-state index contributed by atoms with van der Waals surface area (Å²) in [5.74, 6) is -0.983. The number of ether oxygens (including phenoxy) is 1. The van der Waals surface area contributed by atoms with E-state index in [4.69, 9.17) is 4.74 Å². The van der Waals surface area contributed by atoms with E-state index in [1.165, 1.54) is 0 Å². The number of benzene rings is 2. The van der Waals surface area contributed by atoms with E-state index in [1.807, 2.05) is 35.3 Å². The molecule has 0 unspecified atom stereocenters. The maximum atomic E-state index is 12.3. The van der Waals surface area contributed by atoms with Gasteiger partial charge in [0.1, 0.15) is 12.4 Å². The second kappa shape index (κ2) is 8.26. The van der Waals surface area contributed by atoms with E-state index in [2.05, 4.69) is 10.3 Å². The zero-order valence-electron chi connectivity index (χ0n) is 15.1. The van der Waals surface area contributed by atoms with Gasteiger partial charge >= 0.3 is 5.69 Å². The summed E-state index contributed by atoms with van der Waals surface area (Å²) < 4.78 is 5.78. The van der Waals surface area contributed by atoms with Crippen molar-refractivity contribution >= 4 is 5.91 Å². The predicted octanol–water partition coefficient (Wildman–Crippen LogP) is 1.84. The molecule has 0 spiro atoms. The molecule has 144 valence electrons. The number of rotatable bonds is 6. The van der Waals surface area contributed by atoms with Gasteiger partial charge in [-0.3, -0.25) is 19.6 Å². The molecule has 8 heteroatoms. The van der Waals surface area contributed by atoms with Crippen molar-refractivity contribution < 1.29 is 14.6 Å². The fourth-order valence-electron chi connectivity index (χ4n) is 2.61. The highest BCUT2D eigenvalue weighted by Crippen LogP contribution is 2.21. The molecule has 1 amide bonds. The lowest BCUT2D eigenvalue weighted by molar-refractivity contribution is 0.0931. The van der Waals surface area contributed by atoms with Crippen LogP contribution in [0.1, 0.15) is 34.6 Å². The molecule has 3 aromatic rings. The Labute approximate surface area is 159 Å². The van der Waals surface area contributed by atoms with Crippen molar-refractivity contribution in [2.45, 2.75) is 19.6 Å². The van der Waals surface area contributed by atoms with Crippen LogP contribution < -0.4 is 21.3 Å². The molecule has 8 nitrogen and oxygen atoms in total. The third-order valence-electron chi connectivity index (χ3n) is 4.10. The number of carbonyl (C=O) groups is 1. The highest BCUT2D eigenvalue weighted by Gasteiger charge is 2.18. The second-order valence-electron chi connectivity index (χ2n) is 6.17. The summed E-state index contributed by atoms with van der Waals surface area (Å²) in [6, 6.07) is 16.4. The number of hydrogen-bond acceptors (Lipinski definition) is 5. The third kappa shape index (κ3) is 4.47. The smallest absolute Gasteiger partial charge is 0.326 e. The Hall–Kier alpha value is -3.81. The molecule has 3 rings (SSSR count). The number of carbonyl (C=O) groups excluding carboxylic acids is 1. The van der Waals surface area contributed by atoms with Crippen molar-refractivity contribution in [3.05, 3.63) is 92.3 Å². The number of nitrogens with one attached hydrogen (secondary N) is 3.